The van der Waals surface area contributed by atoms with Crippen molar-refractivity contribution in [1.82, 2.24) is 4.90 Å². The molecular formula is C16H24N2O3. The topological polar surface area (TPSA) is 64.8 Å². The van der Waals surface area contributed by atoms with Gasteiger partial charge in [0.2, 0.25) is 0 Å². The first-order valence-electron chi connectivity index (χ1n) is 7.49. The molecule has 0 aliphatic carbocycles. The number of carbonyl (C=O) groups excluding carboxylic acids is 1. The van der Waals surface area contributed by atoms with Crippen LogP contribution in [-0.4, -0.2) is 49.8 Å². The van der Waals surface area contributed by atoms with Crippen LogP contribution in [0.15, 0.2) is 30.3 Å². The van der Waals surface area contributed by atoms with Gasteiger partial charge in [-0.25, -0.2) is 0 Å². The molecule has 2 rings (SSSR count). The van der Waals surface area contributed by atoms with Crippen LogP contribution in [0.5, 0.6) is 5.75 Å². The van der Waals surface area contributed by atoms with Gasteiger partial charge in [0.05, 0.1) is 12.7 Å². The molecule has 5 heteroatoms. The molecule has 1 saturated heterocycles. The molecule has 0 bridgehead atoms. The van der Waals surface area contributed by atoms with Crippen LogP contribution in [-0.2, 0) is 9.53 Å². The van der Waals surface area contributed by atoms with Gasteiger partial charge in [-0.05, 0) is 31.4 Å². The third-order valence-corrected chi connectivity index (χ3v) is 3.67. The molecule has 0 aromatic heterocycles. The van der Waals surface area contributed by atoms with Crippen molar-refractivity contribution in [3.63, 3.8) is 0 Å². The zero-order valence-corrected chi connectivity index (χ0v) is 12.5. The van der Waals surface area contributed by atoms with Gasteiger partial charge in [0.1, 0.15) is 11.9 Å². The molecule has 21 heavy (non-hydrogen) atoms. The summed E-state index contributed by atoms with van der Waals surface area (Å²) in [5, 5.41) is 0. The van der Waals surface area contributed by atoms with Crippen molar-refractivity contribution in [3.8, 4) is 5.75 Å². The Morgan fingerprint density at radius 2 is 2.14 bits per heavy atom. The second-order valence-electron chi connectivity index (χ2n) is 5.33. The average Bonchev–Trinajstić information content (AvgIpc) is 3.00. The van der Waals surface area contributed by atoms with Gasteiger partial charge in [0.25, 0.3) is 5.91 Å². The predicted octanol–water partition coefficient (Wildman–Crippen LogP) is 1.42. The third kappa shape index (κ3) is 4.72. The van der Waals surface area contributed by atoms with Crippen LogP contribution in [0.1, 0.15) is 19.3 Å². The van der Waals surface area contributed by atoms with Crippen molar-refractivity contribution >= 4 is 5.91 Å². The number of rotatable bonds is 7. The van der Waals surface area contributed by atoms with E-state index in [9.17, 15) is 4.79 Å². The number of carbonyl (C=O) groups is 1. The van der Waals surface area contributed by atoms with E-state index in [0.29, 0.717) is 19.7 Å². The molecule has 0 spiro atoms. The fourth-order valence-electron chi connectivity index (χ4n) is 2.43. The molecule has 116 valence electrons. The average molecular weight is 292 g/mol. The molecule has 1 aromatic carbocycles. The molecule has 0 radical (unpaired) electrons. The first-order chi connectivity index (χ1) is 10.2. The summed E-state index contributed by atoms with van der Waals surface area (Å²) < 4.78 is 11.2. The molecule has 2 N–H and O–H groups in total. The number of benzene rings is 1. The molecule has 1 aromatic rings. The Kier molecular flexibility index (Phi) is 6.02. The Balaban J connectivity index is 1.65. The van der Waals surface area contributed by atoms with Crippen LogP contribution in [0.2, 0.25) is 0 Å². The lowest BCUT2D eigenvalue weighted by Crippen LogP contribution is -2.38. The van der Waals surface area contributed by atoms with Gasteiger partial charge in [-0.2, -0.15) is 0 Å². The summed E-state index contributed by atoms with van der Waals surface area (Å²) in [6.07, 6.45) is 2.15. The van der Waals surface area contributed by atoms with Crippen molar-refractivity contribution in [2.24, 2.45) is 5.73 Å². The Hall–Kier alpha value is -1.59. The quantitative estimate of drug-likeness (QED) is 0.772. The number of para-hydroxylation sites is 1. The highest BCUT2D eigenvalue weighted by atomic mass is 16.5. The van der Waals surface area contributed by atoms with E-state index in [1.165, 1.54) is 0 Å². The van der Waals surface area contributed by atoms with E-state index in [1.807, 2.05) is 37.4 Å². The fourth-order valence-corrected chi connectivity index (χ4v) is 2.43. The summed E-state index contributed by atoms with van der Waals surface area (Å²) >= 11 is 0. The zero-order valence-electron chi connectivity index (χ0n) is 12.5. The maximum absolute atomic E-state index is 12.2. The maximum atomic E-state index is 12.2. The number of amides is 1. The van der Waals surface area contributed by atoms with E-state index < -0.39 is 0 Å². The van der Waals surface area contributed by atoms with Gasteiger partial charge in [-0.3, -0.25) is 4.79 Å². The number of hydrogen-bond acceptors (Lipinski definition) is 4. The maximum Gasteiger partial charge on any atom is 0.251 e. The van der Waals surface area contributed by atoms with E-state index in [4.69, 9.17) is 15.2 Å². The summed E-state index contributed by atoms with van der Waals surface area (Å²) in [5.41, 5.74) is 5.56. The highest BCUT2D eigenvalue weighted by Gasteiger charge is 2.31. The summed E-state index contributed by atoms with van der Waals surface area (Å²) in [6.45, 7) is 1.75. The molecule has 0 saturated carbocycles. The smallest absolute Gasteiger partial charge is 0.251 e. The van der Waals surface area contributed by atoms with Gasteiger partial charge in [-0.15, -0.1) is 0 Å². The van der Waals surface area contributed by atoms with Crippen LogP contribution in [0.4, 0.5) is 0 Å². The standard InChI is InChI=1S/C16H24N2O3/c1-18(16(19)15-9-8-14(12-17)21-15)10-5-11-20-13-6-3-2-4-7-13/h2-4,6-7,14-15H,5,8-12,17H2,1H3/t14-,15+/m1/s1. The molecule has 1 aliphatic heterocycles. The molecule has 1 fully saturated rings. The number of likely N-dealkylation sites (N-methyl/N-ethyl adjacent to an activating group) is 1. The largest absolute Gasteiger partial charge is 0.494 e. The van der Waals surface area contributed by atoms with E-state index >= 15 is 0 Å². The fraction of sp³-hybridized carbons (Fsp3) is 0.562. The van der Waals surface area contributed by atoms with Crippen molar-refractivity contribution < 1.29 is 14.3 Å². The first kappa shape index (κ1) is 15.8. The minimum absolute atomic E-state index is 0.0359. The Morgan fingerprint density at radius 3 is 2.81 bits per heavy atom. The summed E-state index contributed by atoms with van der Waals surface area (Å²) in [5.74, 6) is 0.905. The van der Waals surface area contributed by atoms with Crippen LogP contribution in [0, 0.1) is 0 Å². The van der Waals surface area contributed by atoms with Crippen LogP contribution < -0.4 is 10.5 Å². The Morgan fingerprint density at radius 1 is 1.38 bits per heavy atom. The van der Waals surface area contributed by atoms with Crippen molar-refractivity contribution in [3.05, 3.63) is 30.3 Å². The predicted molar refractivity (Wildman–Crippen MR) is 81.1 cm³/mol. The normalized spacial score (nSPS) is 21.2. The Bertz CT molecular complexity index is 438. The van der Waals surface area contributed by atoms with E-state index in [2.05, 4.69) is 0 Å². The summed E-state index contributed by atoms with van der Waals surface area (Å²) in [7, 11) is 1.81. The number of nitrogens with two attached hydrogens (primary N) is 1. The number of nitrogens with zero attached hydrogens (tertiary/aromatic N) is 1. The van der Waals surface area contributed by atoms with Crippen LogP contribution in [0.25, 0.3) is 0 Å². The third-order valence-electron chi connectivity index (χ3n) is 3.67. The zero-order chi connectivity index (χ0) is 15.1. The SMILES string of the molecule is CN(CCCOc1ccccc1)C(=O)[C@@H]1CC[C@H](CN)O1. The monoisotopic (exact) mass is 292 g/mol. The first-order valence-corrected chi connectivity index (χ1v) is 7.49. The van der Waals surface area contributed by atoms with Gasteiger partial charge >= 0.3 is 0 Å². The van der Waals surface area contributed by atoms with Gasteiger partial charge in [-0.1, -0.05) is 18.2 Å². The van der Waals surface area contributed by atoms with Gasteiger partial charge < -0.3 is 20.1 Å². The van der Waals surface area contributed by atoms with E-state index in [-0.39, 0.29) is 18.1 Å². The minimum Gasteiger partial charge on any atom is -0.494 e. The van der Waals surface area contributed by atoms with Crippen LogP contribution >= 0.6 is 0 Å². The molecule has 1 aliphatic rings. The second kappa shape index (κ2) is 8.00. The highest BCUT2D eigenvalue weighted by molar-refractivity contribution is 5.80. The molecule has 0 unspecified atom stereocenters. The lowest BCUT2D eigenvalue weighted by atomic mass is 10.2. The number of hydrogen-bond donors (Lipinski definition) is 1. The van der Waals surface area contributed by atoms with Crippen molar-refractivity contribution in [1.29, 1.82) is 0 Å². The van der Waals surface area contributed by atoms with Gasteiger partial charge in [0, 0.05) is 20.1 Å². The summed E-state index contributed by atoms with van der Waals surface area (Å²) in [6, 6.07) is 9.68. The molecule has 1 amide bonds. The lowest BCUT2D eigenvalue weighted by molar-refractivity contribution is -0.141. The lowest BCUT2D eigenvalue weighted by Gasteiger charge is -2.21. The molecular weight excluding hydrogens is 268 g/mol. The molecule has 1 heterocycles. The van der Waals surface area contributed by atoms with E-state index in [1.54, 1.807) is 4.90 Å². The van der Waals surface area contributed by atoms with E-state index in [0.717, 1.165) is 25.0 Å². The summed E-state index contributed by atoms with van der Waals surface area (Å²) in [4.78, 5) is 13.9. The second-order valence-corrected chi connectivity index (χ2v) is 5.33. The molecule has 5 nitrogen and oxygen atoms in total. The number of ether oxygens (including phenoxy) is 2. The van der Waals surface area contributed by atoms with Crippen molar-refractivity contribution in [2.75, 3.05) is 26.7 Å². The van der Waals surface area contributed by atoms with Crippen LogP contribution in [0.3, 0.4) is 0 Å². The highest BCUT2D eigenvalue weighted by Crippen LogP contribution is 2.20. The minimum atomic E-state index is -0.321. The molecule has 2 atom stereocenters. The Labute approximate surface area is 126 Å². The van der Waals surface area contributed by atoms with Gasteiger partial charge in [0.15, 0.2) is 0 Å². The van der Waals surface area contributed by atoms with Crippen molar-refractivity contribution in [2.45, 2.75) is 31.5 Å².